The van der Waals surface area contributed by atoms with Gasteiger partial charge in [-0.25, -0.2) is 0 Å². The van der Waals surface area contributed by atoms with Crippen LogP contribution in [0.3, 0.4) is 0 Å². The first-order valence-electron chi connectivity index (χ1n) is 6.58. The first-order valence-corrected chi connectivity index (χ1v) is 6.96. The standard InChI is InChI=1S/C13H20ClN3O3/c1-4-5-6-9(7-10(18)19)15-13(20)12-11(14)8(2)17(3)16-12/h9H,4-7H2,1-3H3,(H,15,20)(H,18,19)/t9-/m1/s1. The third-order valence-electron chi connectivity index (χ3n) is 3.14. The van der Waals surface area contributed by atoms with Crippen LogP contribution in [0.5, 0.6) is 0 Å². The molecule has 1 rings (SSSR count). The Bertz CT molecular complexity index is 499. The Labute approximate surface area is 123 Å². The molecular weight excluding hydrogens is 282 g/mol. The van der Waals surface area contributed by atoms with Gasteiger partial charge in [-0.05, 0) is 13.3 Å². The quantitative estimate of drug-likeness (QED) is 0.808. The van der Waals surface area contributed by atoms with Crippen LogP contribution < -0.4 is 5.32 Å². The number of rotatable bonds is 7. The molecule has 1 aromatic rings. The summed E-state index contributed by atoms with van der Waals surface area (Å²) in [6.45, 7) is 3.77. The van der Waals surface area contributed by atoms with Crippen molar-refractivity contribution in [3.05, 3.63) is 16.4 Å². The summed E-state index contributed by atoms with van der Waals surface area (Å²) >= 11 is 6.04. The molecule has 0 aromatic carbocycles. The molecule has 1 aromatic heterocycles. The van der Waals surface area contributed by atoms with E-state index in [0.717, 1.165) is 12.8 Å². The second-order valence-corrected chi connectivity index (χ2v) is 5.16. The molecule has 20 heavy (non-hydrogen) atoms. The average molecular weight is 302 g/mol. The number of halogens is 1. The summed E-state index contributed by atoms with van der Waals surface area (Å²) in [6.07, 6.45) is 2.32. The van der Waals surface area contributed by atoms with Gasteiger partial charge in [0.25, 0.3) is 5.91 Å². The molecule has 7 heteroatoms. The predicted molar refractivity (Wildman–Crippen MR) is 76.0 cm³/mol. The number of aromatic nitrogens is 2. The van der Waals surface area contributed by atoms with E-state index in [1.807, 2.05) is 6.92 Å². The maximum atomic E-state index is 12.1. The third kappa shape index (κ3) is 4.23. The summed E-state index contributed by atoms with van der Waals surface area (Å²) in [7, 11) is 1.70. The van der Waals surface area contributed by atoms with Gasteiger partial charge in [-0.1, -0.05) is 31.4 Å². The van der Waals surface area contributed by atoms with Crippen LogP contribution in [0.1, 0.15) is 48.8 Å². The molecule has 2 N–H and O–H groups in total. The van der Waals surface area contributed by atoms with E-state index in [1.165, 1.54) is 4.68 Å². The molecule has 112 valence electrons. The zero-order valence-corrected chi connectivity index (χ0v) is 12.7. The summed E-state index contributed by atoms with van der Waals surface area (Å²) in [4.78, 5) is 22.9. The number of amides is 1. The number of carboxylic acids is 1. The van der Waals surface area contributed by atoms with Crippen molar-refractivity contribution in [2.75, 3.05) is 0 Å². The van der Waals surface area contributed by atoms with Crippen LogP contribution in [0.2, 0.25) is 5.02 Å². The van der Waals surface area contributed by atoms with Crippen LogP contribution in [0.15, 0.2) is 0 Å². The van der Waals surface area contributed by atoms with E-state index in [-0.39, 0.29) is 12.1 Å². The molecule has 0 saturated carbocycles. The monoisotopic (exact) mass is 301 g/mol. The highest BCUT2D eigenvalue weighted by Gasteiger charge is 2.22. The first kappa shape index (κ1) is 16.5. The van der Waals surface area contributed by atoms with Crippen molar-refractivity contribution in [1.29, 1.82) is 0 Å². The normalized spacial score (nSPS) is 12.2. The number of unbranched alkanes of at least 4 members (excludes halogenated alkanes) is 1. The third-order valence-corrected chi connectivity index (χ3v) is 3.59. The minimum absolute atomic E-state index is 0.102. The molecule has 1 atom stereocenters. The van der Waals surface area contributed by atoms with Gasteiger partial charge in [0, 0.05) is 13.1 Å². The van der Waals surface area contributed by atoms with E-state index < -0.39 is 17.9 Å². The van der Waals surface area contributed by atoms with Gasteiger partial charge in [0.05, 0.1) is 17.1 Å². The first-order chi connectivity index (χ1) is 9.36. The van der Waals surface area contributed by atoms with Gasteiger partial charge in [0.1, 0.15) is 0 Å². The molecule has 0 aliphatic rings. The lowest BCUT2D eigenvalue weighted by Crippen LogP contribution is -2.37. The van der Waals surface area contributed by atoms with Gasteiger partial charge in [0.15, 0.2) is 5.69 Å². The van der Waals surface area contributed by atoms with Crippen molar-refractivity contribution in [3.8, 4) is 0 Å². The SMILES string of the molecule is CCCC[C@H](CC(=O)O)NC(=O)c1nn(C)c(C)c1Cl. The number of aliphatic carboxylic acids is 1. The van der Waals surface area contributed by atoms with E-state index in [4.69, 9.17) is 16.7 Å². The van der Waals surface area contributed by atoms with E-state index >= 15 is 0 Å². The summed E-state index contributed by atoms with van der Waals surface area (Å²) in [5, 5.41) is 15.9. The average Bonchev–Trinajstić information content (AvgIpc) is 2.63. The highest BCUT2D eigenvalue weighted by Crippen LogP contribution is 2.19. The largest absolute Gasteiger partial charge is 0.481 e. The number of hydrogen-bond donors (Lipinski definition) is 2. The Morgan fingerprint density at radius 2 is 2.15 bits per heavy atom. The molecule has 1 amide bonds. The second kappa shape index (κ2) is 7.28. The van der Waals surface area contributed by atoms with Gasteiger partial charge >= 0.3 is 5.97 Å². The van der Waals surface area contributed by atoms with E-state index in [0.29, 0.717) is 17.1 Å². The fraction of sp³-hybridized carbons (Fsp3) is 0.615. The number of hydrogen-bond acceptors (Lipinski definition) is 3. The number of nitrogens with zero attached hydrogens (tertiary/aromatic N) is 2. The van der Waals surface area contributed by atoms with Crippen molar-refractivity contribution in [3.63, 3.8) is 0 Å². The Kier molecular flexibility index (Phi) is 6.01. The minimum Gasteiger partial charge on any atom is -0.481 e. The molecule has 0 aliphatic heterocycles. The van der Waals surface area contributed by atoms with Gasteiger partial charge in [0.2, 0.25) is 0 Å². The molecule has 6 nitrogen and oxygen atoms in total. The van der Waals surface area contributed by atoms with Gasteiger partial charge in [-0.3, -0.25) is 14.3 Å². The molecule has 0 spiro atoms. The summed E-state index contributed by atoms with van der Waals surface area (Å²) < 4.78 is 1.52. The van der Waals surface area contributed by atoms with Crippen molar-refractivity contribution in [1.82, 2.24) is 15.1 Å². The molecule has 0 radical (unpaired) electrons. The molecule has 0 unspecified atom stereocenters. The minimum atomic E-state index is -0.935. The van der Waals surface area contributed by atoms with Crippen molar-refractivity contribution in [2.45, 2.75) is 45.6 Å². The van der Waals surface area contributed by atoms with Crippen molar-refractivity contribution >= 4 is 23.5 Å². The number of carboxylic acid groups (broad SMARTS) is 1. The van der Waals surface area contributed by atoms with Crippen LogP contribution in [0, 0.1) is 6.92 Å². The van der Waals surface area contributed by atoms with Crippen molar-refractivity contribution < 1.29 is 14.7 Å². The number of carbonyl (C=O) groups excluding carboxylic acids is 1. The molecule has 0 fully saturated rings. The summed E-state index contributed by atoms with van der Waals surface area (Å²) in [5.41, 5.74) is 0.832. The smallest absolute Gasteiger partial charge is 0.305 e. The fourth-order valence-electron chi connectivity index (χ4n) is 1.87. The molecule has 0 aliphatic carbocycles. The second-order valence-electron chi connectivity index (χ2n) is 4.78. The van der Waals surface area contributed by atoms with E-state index in [2.05, 4.69) is 10.4 Å². The van der Waals surface area contributed by atoms with Crippen LogP contribution in [-0.4, -0.2) is 32.8 Å². The predicted octanol–water partition coefficient (Wildman–Crippen LogP) is 2.15. The zero-order chi connectivity index (χ0) is 15.3. The highest BCUT2D eigenvalue weighted by atomic mass is 35.5. The fourth-order valence-corrected chi connectivity index (χ4v) is 2.11. The topological polar surface area (TPSA) is 84.2 Å². The van der Waals surface area contributed by atoms with Crippen LogP contribution in [0.4, 0.5) is 0 Å². The summed E-state index contributed by atoms with van der Waals surface area (Å²) in [6, 6.07) is -0.404. The van der Waals surface area contributed by atoms with Crippen molar-refractivity contribution in [2.24, 2.45) is 7.05 Å². The van der Waals surface area contributed by atoms with E-state index in [9.17, 15) is 9.59 Å². The Hall–Kier alpha value is -1.56. The summed E-state index contributed by atoms with van der Waals surface area (Å²) in [5.74, 6) is -1.37. The lowest BCUT2D eigenvalue weighted by atomic mass is 10.1. The number of nitrogens with one attached hydrogen (secondary N) is 1. The lowest BCUT2D eigenvalue weighted by Gasteiger charge is -2.15. The molecule has 0 bridgehead atoms. The Morgan fingerprint density at radius 3 is 2.60 bits per heavy atom. The van der Waals surface area contributed by atoms with E-state index in [1.54, 1.807) is 14.0 Å². The highest BCUT2D eigenvalue weighted by molar-refractivity contribution is 6.34. The number of carbonyl (C=O) groups is 2. The van der Waals surface area contributed by atoms with Gasteiger partial charge < -0.3 is 10.4 Å². The lowest BCUT2D eigenvalue weighted by molar-refractivity contribution is -0.137. The maximum absolute atomic E-state index is 12.1. The van der Waals surface area contributed by atoms with Gasteiger partial charge in [-0.15, -0.1) is 0 Å². The van der Waals surface area contributed by atoms with Gasteiger partial charge in [-0.2, -0.15) is 5.10 Å². The Morgan fingerprint density at radius 1 is 1.50 bits per heavy atom. The molecule has 1 heterocycles. The maximum Gasteiger partial charge on any atom is 0.305 e. The molecular formula is C13H20ClN3O3. The molecule has 0 saturated heterocycles. The van der Waals surface area contributed by atoms with Crippen LogP contribution in [-0.2, 0) is 11.8 Å². The number of aryl methyl sites for hydroxylation is 1. The Balaban J connectivity index is 2.78. The zero-order valence-electron chi connectivity index (χ0n) is 11.9. The van der Waals surface area contributed by atoms with Crippen LogP contribution >= 0.6 is 11.6 Å². The van der Waals surface area contributed by atoms with Crippen LogP contribution in [0.25, 0.3) is 0 Å².